The summed E-state index contributed by atoms with van der Waals surface area (Å²) in [4.78, 5) is 12.3. The van der Waals surface area contributed by atoms with E-state index in [0.717, 1.165) is 22.1 Å². The lowest BCUT2D eigenvalue weighted by Gasteiger charge is -2.42. The van der Waals surface area contributed by atoms with Gasteiger partial charge in [-0.3, -0.25) is 0 Å². The van der Waals surface area contributed by atoms with Crippen LogP contribution in [0.2, 0.25) is 0 Å². The largest absolute Gasteiger partial charge is 0.462 e. The van der Waals surface area contributed by atoms with Crippen molar-refractivity contribution in [2.75, 3.05) is 11.9 Å². The van der Waals surface area contributed by atoms with Crippen LogP contribution in [-0.4, -0.2) is 12.6 Å². The predicted molar refractivity (Wildman–Crippen MR) is 100 cm³/mol. The fraction of sp³-hybridized carbons (Fsp3) is 0.350. The molecule has 3 rings (SSSR count). The van der Waals surface area contributed by atoms with E-state index in [4.69, 9.17) is 4.74 Å². The van der Waals surface area contributed by atoms with Crippen molar-refractivity contribution >= 4 is 27.6 Å². The lowest BCUT2D eigenvalue weighted by atomic mass is 9.72. The minimum absolute atomic E-state index is 0.0288. The van der Waals surface area contributed by atoms with Crippen molar-refractivity contribution in [3.05, 3.63) is 63.6 Å². The minimum Gasteiger partial charge on any atom is -0.462 e. The van der Waals surface area contributed by atoms with Gasteiger partial charge in [0.1, 0.15) is 0 Å². The van der Waals surface area contributed by atoms with Crippen molar-refractivity contribution in [2.24, 2.45) is 5.41 Å². The summed E-state index contributed by atoms with van der Waals surface area (Å²) >= 11 is 3.55. The second-order valence-corrected chi connectivity index (χ2v) is 7.77. The van der Waals surface area contributed by atoms with Crippen LogP contribution in [0.4, 0.5) is 5.69 Å². The lowest BCUT2D eigenvalue weighted by Crippen LogP contribution is -2.35. The van der Waals surface area contributed by atoms with Gasteiger partial charge in [-0.25, -0.2) is 4.79 Å². The van der Waals surface area contributed by atoms with Gasteiger partial charge in [0.2, 0.25) is 0 Å². The first-order valence-corrected chi connectivity index (χ1v) is 9.02. The van der Waals surface area contributed by atoms with Crippen molar-refractivity contribution < 1.29 is 9.53 Å². The molecule has 24 heavy (non-hydrogen) atoms. The Hall–Kier alpha value is -1.81. The first-order valence-electron chi connectivity index (χ1n) is 8.23. The summed E-state index contributed by atoms with van der Waals surface area (Å²) in [7, 11) is 0. The monoisotopic (exact) mass is 387 g/mol. The number of anilines is 1. The molecule has 1 heterocycles. The topological polar surface area (TPSA) is 38.3 Å². The van der Waals surface area contributed by atoms with Gasteiger partial charge in [0, 0.05) is 4.47 Å². The molecule has 0 saturated carbocycles. The second-order valence-electron chi connectivity index (χ2n) is 6.86. The van der Waals surface area contributed by atoms with Crippen LogP contribution in [0.5, 0.6) is 0 Å². The molecule has 0 radical (unpaired) electrons. The van der Waals surface area contributed by atoms with Gasteiger partial charge in [-0.15, -0.1) is 0 Å². The van der Waals surface area contributed by atoms with E-state index >= 15 is 0 Å². The number of rotatable bonds is 3. The Bertz CT molecular complexity index is 770. The molecule has 126 valence electrons. The maximum atomic E-state index is 12.3. The molecule has 1 unspecified atom stereocenters. The van der Waals surface area contributed by atoms with Crippen molar-refractivity contribution in [3.63, 3.8) is 0 Å². The number of ether oxygens (including phenoxy) is 1. The first kappa shape index (κ1) is 17.0. The number of esters is 1. The highest BCUT2D eigenvalue weighted by atomic mass is 79.9. The predicted octanol–water partition coefficient (Wildman–Crippen LogP) is 5.36. The van der Waals surface area contributed by atoms with Crippen LogP contribution < -0.4 is 5.32 Å². The molecule has 4 heteroatoms. The zero-order chi connectivity index (χ0) is 17.3. The van der Waals surface area contributed by atoms with E-state index in [1.54, 1.807) is 0 Å². The average molecular weight is 388 g/mol. The number of hydrogen-bond donors (Lipinski definition) is 1. The third-order valence-corrected chi connectivity index (χ3v) is 5.04. The molecule has 3 nitrogen and oxygen atoms in total. The number of nitrogens with one attached hydrogen (secondary N) is 1. The summed E-state index contributed by atoms with van der Waals surface area (Å²) in [6, 6.07) is 14.3. The lowest BCUT2D eigenvalue weighted by molar-refractivity contribution is 0.0527. The highest BCUT2D eigenvalue weighted by Gasteiger charge is 2.37. The van der Waals surface area contributed by atoms with Crippen LogP contribution >= 0.6 is 15.9 Å². The number of para-hydroxylation sites is 1. The van der Waals surface area contributed by atoms with Crippen molar-refractivity contribution in [3.8, 4) is 0 Å². The van der Waals surface area contributed by atoms with Crippen LogP contribution in [0.3, 0.4) is 0 Å². The Kier molecular flexibility index (Phi) is 4.68. The van der Waals surface area contributed by atoms with E-state index in [0.29, 0.717) is 12.2 Å². The number of hydrogen-bond acceptors (Lipinski definition) is 3. The summed E-state index contributed by atoms with van der Waals surface area (Å²) in [5.74, 6) is -0.269. The Morgan fingerprint density at radius 3 is 2.75 bits per heavy atom. The third-order valence-electron chi connectivity index (χ3n) is 4.54. The normalized spacial score (nSPS) is 18.4. The molecule has 0 aliphatic carbocycles. The number of carbonyl (C=O) groups is 1. The zero-order valence-corrected chi connectivity index (χ0v) is 15.8. The molecule has 0 spiro atoms. The van der Waals surface area contributed by atoms with E-state index in [2.05, 4.69) is 53.3 Å². The molecule has 0 saturated heterocycles. The number of benzene rings is 2. The molecule has 0 bridgehead atoms. The summed E-state index contributed by atoms with van der Waals surface area (Å²) in [6.07, 6.45) is 0.903. The number of carbonyl (C=O) groups excluding carboxylic acids is 1. The number of halogens is 1. The molecule has 1 N–H and O–H groups in total. The maximum Gasteiger partial charge on any atom is 0.340 e. The smallest absolute Gasteiger partial charge is 0.340 e. The molecule has 1 atom stereocenters. The molecule has 0 fully saturated rings. The quantitative estimate of drug-likeness (QED) is 0.720. The third kappa shape index (κ3) is 3.20. The SMILES string of the molecule is CCOC(=O)c1cccc2c1NC(c1cccc(Br)c1)C(C)(C)C2. The maximum absolute atomic E-state index is 12.3. The van der Waals surface area contributed by atoms with Gasteiger partial charge in [-0.05, 0) is 48.1 Å². The Balaban J connectivity index is 2.04. The molecule has 2 aromatic carbocycles. The van der Waals surface area contributed by atoms with Crippen LogP contribution in [0.1, 0.15) is 48.3 Å². The number of fused-ring (bicyclic) bond motifs is 1. The van der Waals surface area contributed by atoms with Gasteiger partial charge in [-0.2, -0.15) is 0 Å². The van der Waals surface area contributed by atoms with Crippen LogP contribution in [-0.2, 0) is 11.2 Å². The second kappa shape index (κ2) is 6.60. The zero-order valence-electron chi connectivity index (χ0n) is 14.2. The summed E-state index contributed by atoms with van der Waals surface area (Å²) < 4.78 is 6.28. The summed E-state index contributed by atoms with van der Waals surface area (Å²) in [6.45, 7) is 6.72. The molecule has 1 aliphatic rings. The Morgan fingerprint density at radius 2 is 2.04 bits per heavy atom. The molecular weight excluding hydrogens is 366 g/mol. The fourth-order valence-corrected chi connectivity index (χ4v) is 3.87. The van der Waals surface area contributed by atoms with E-state index in [1.165, 1.54) is 5.56 Å². The minimum atomic E-state index is -0.269. The Labute approximate surface area is 151 Å². The molecule has 2 aromatic rings. The fourth-order valence-electron chi connectivity index (χ4n) is 3.45. The van der Waals surface area contributed by atoms with Crippen LogP contribution in [0, 0.1) is 5.41 Å². The molecular formula is C20H22BrNO2. The van der Waals surface area contributed by atoms with E-state index < -0.39 is 0 Å². The van der Waals surface area contributed by atoms with Gasteiger partial charge in [0.05, 0.1) is 23.9 Å². The molecule has 0 amide bonds. The standard InChI is InChI=1S/C20H22BrNO2/c1-4-24-19(23)16-10-6-8-14-12-20(2,3)18(22-17(14)16)13-7-5-9-15(21)11-13/h5-11,18,22H,4,12H2,1-3H3. The van der Waals surface area contributed by atoms with Crippen LogP contribution in [0.25, 0.3) is 0 Å². The van der Waals surface area contributed by atoms with Crippen molar-refractivity contribution in [1.29, 1.82) is 0 Å². The molecule has 0 aromatic heterocycles. The summed E-state index contributed by atoms with van der Waals surface area (Å²) in [5, 5.41) is 3.62. The summed E-state index contributed by atoms with van der Waals surface area (Å²) in [5.41, 5.74) is 3.92. The first-order chi connectivity index (χ1) is 11.4. The van der Waals surface area contributed by atoms with E-state index in [-0.39, 0.29) is 17.4 Å². The van der Waals surface area contributed by atoms with Gasteiger partial charge < -0.3 is 10.1 Å². The van der Waals surface area contributed by atoms with E-state index in [9.17, 15) is 4.79 Å². The highest BCUT2D eigenvalue weighted by molar-refractivity contribution is 9.10. The van der Waals surface area contributed by atoms with Gasteiger partial charge in [0.15, 0.2) is 0 Å². The van der Waals surface area contributed by atoms with Gasteiger partial charge in [0.25, 0.3) is 0 Å². The van der Waals surface area contributed by atoms with Crippen molar-refractivity contribution in [2.45, 2.75) is 33.2 Å². The average Bonchev–Trinajstić information content (AvgIpc) is 2.53. The highest BCUT2D eigenvalue weighted by Crippen LogP contribution is 2.46. The van der Waals surface area contributed by atoms with Gasteiger partial charge >= 0.3 is 5.97 Å². The van der Waals surface area contributed by atoms with E-state index in [1.807, 2.05) is 31.2 Å². The van der Waals surface area contributed by atoms with Crippen LogP contribution in [0.15, 0.2) is 46.9 Å². The molecule has 1 aliphatic heterocycles. The Morgan fingerprint density at radius 1 is 1.29 bits per heavy atom. The van der Waals surface area contributed by atoms with Crippen molar-refractivity contribution in [1.82, 2.24) is 0 Å². The van der Waals surface area contributed by atoms with Gasteiger partial charge in [-0.1, -0.05) is 54.0 Å².